The third kappa shape index (κ3) is 4.67. The minimum absolute atomic E-state index is 0.186. The minimum atomic E-state index is -0.337. The maximum atomic E-state index is 10.3. The van der Waals surface area contributed by atoms with Gasteiger partial charge in [-0.05, 0) is 31.0 Å². The molecule has 2 aromatic rings. The van der Waals surface area contributed by atoms with E-state index in [0.717, 1.165) is 42.3 Å². The van der Waals surface area contributed by atoms with Crippen LogP contribution in [-0.4, -0.2) is 59.4 Å². The quantitative estimate of drug-likeness (QED) is 0.825. The van der Waals surface area contributed by atoms with Crippen LogP contribution in [0, 0.1) is 12.8 Å². The van der Waals surface area contributed by atoms with Crippen molar-refractivity contribution in [2.75, 3.05) is 33.4 Å². The molecule has 1 aromatic heterocycles. The molecule has 0 unspecified atom stereocenters. The van der Waals surface area contributed by atoms with E-state index in [1.165, 1.54) is 0 Å². The molecule has 25 heavy (non-hydrogen) atoms. The highest BCUT2D eigenvalue weighted by molar-refractivity contribution is 5.42. The predicted molar refractivity (Wildman–Crippen MR) is 94.9 cm³/mol. The molecule has 3 rings (SSSR count). The Morgan fingerprint density at radius 3 is 2.88 bits per heavy atom. The van der Waals surface area contributed by atoms with Crippen LogP contribution in [0.4, 0.5) is 0 Å². The van der Waals surface area contributed by atoms with Gasteiger partial charge >= 0.3 is 0 Å². The zero-order valence-electron chi connectivity index (χ0n) is 14.8. The fourth-order valence-electron chi connectivity index (χ4n) is 3.21. The Morgan fingerprint density at radius 1 is 1.24 bits per heavy atom. The van der Waals surface area contributed by atoms with Gasteiger partial charge < -0.3 is 14.6 Å². The van der Waals surface area contributed by atoms with E-state index in [9.17, 15) is 5.11 Å². The Kier molecular flexibility index (Phi) is 5.83. The summed E-state index contributed by atoms with van der Waals surface area (Å²) in [6, 6.07) is 5.91. The summed E-state index contributed by atoms with van der Waals surface area (Å²) >= 11 is 0. The average molecular weight is 343 g/mol. The second-order valence-electron chi connectivity index (χ2n) is 6.49. The summed E-state index contributed by atoms with van der Waals surface area (Å²) in [6.45, 7) is 4.86. The van der Waals surface area contributed by atoms with Gasteiger partial charge in [-0.2, -0.15) is 0 Å². The minimum Gasteiger partial charge on any atom is -0.493 e. The molecule has 0 radical (unpaired) electrons. The molecule has 1 saturated heterocycles. The van der Waals surface area contributed by atoms with Crippen LogP contribution < -0.4 is 9.47 Å². The zero-order valence-corrected chi connectivity index (χ0v) is 14.8. The number of nitrogens with zero attached hydrogens (tertiary/aromatic N) is 3. The normalized spacial score (nSPS) is 20.6. The van der Waals surface area contributed by atoms with Crippen molar-refractivity contribution in [2.24, 2.45) is 5.92 Å². The molecule has 1 aliphatic rings. The van der Waals surface area contributed by atoms with Gasteiger partial charge in [-0.25, -0.2) is 0 Å². The van der Waals surface area contributed by atoms with Crippen LogP contribution in [0.2, 0.25) is 0 Å². The monoisotopic (exact) mass is 343 g/mol. The van der Waals surface area contributed by atoms with Crippen molar-refractivity contribution in [1.29, 1.82) is 0 Å². The average Bonchev–Trinajstić information content (AvgIpc) is 2.96. The van der Waals surface area contributed by atoms with Crippen LogP contribution in [-0.2, 0) is 6.42 Å². The van der Waals surface area contributed by atoms with Gasteiger partial charge in [0.1, 0.15) is 6.61 Å². The number of likely N-dealkylation sites (tertiary alicyclic amines) is 1. The first-order valence-corrected chi connectivity index (χ1v) is 8.58. The summed E-state index contributed by atoms with van der Waals surface area (Å²) < 4.78 is 11.2. The van der Waals surface area contributed by atoms with E-state index in [0.29, 0.717) is 13.2 Å². The largest absolute Gasteiger partial charge is 0.493 e. The lowest BCUT2D eigenvalue weighted by molar-refractivity contribution is 0.139. The molecule has 1 fully saturated rings. The van der Waals surface area contributed by atoms with E-state index in [1.54, 1.807) is 25.7 Å². The molecule has 6 heteroatoms. The van der Waals surface area contributed by atoms with Gasteiger partial charge in [0.2, 0.25) is 0 Å². The summed E-state index contributed by atoms with van der Waals surface area (Å²) in [4.78, 5) is 10.6. The summed E-state index contributed by atoms with van der Waals surface area (Å²) in [5.41, 5.74) is 2.06. The van der Waals surface area contributed by atoms with Crippen LogP contribution in [0.25, 0.3) is 0 Å². The Balaban J connectivity index is 1.48. The van der Waals surface area contributed by atoms with Crippen LogP contribution in [0.5, 0.6) is 11.5 Å². The number of aliphatic hydroxyl groups is 1. The summed E-state index contributed by atoms with van der Waals surface area (Å²) in [7, 11) is 1.65. The van der Waals surface area contributed by atoms with Crippen molar-refractivity contribution in [2.45, 2.75) is 19.4 Å². The number of hydrogen-bond donors (Lipinski definition) is 1. The number of benzene rings is 1. The van der Waals surface area contributed by atoms with Crippen molar-refractivity contribution in [3.8, 4) is 11.5 Å². The van der Waals surface area contributed by atoms with Crippen molar-refractivity contribution in [1.82, 2.24) is 14.9 Å². The summed E-state index contributed by atoms with van der Waals surface area (Å²) in [6.07, 6.45) is 5.53. The van der Waals surface area contributed by atoms with E-state index in [1.807, 2.05) is 25.1 Å². The van der Waals surface area contributed by atoms with Gasteiger partial charge in [0, 0.05) is 44.1 Å². The molecule has 0 bridgehead atoms. The fourth-order valence-corrected chi connectivity index (χ4v) is 3.21. The number of rotatable bonds is 7. The van der Waals surface area contributed by atoms with E-state index in [-0.39, 0.29) is 12.0 Å². The van der Waals surface area contributed by atoms with Gasteiger partial charge in [-0.1, -0.05) is 6.07 Å². The molecule has 1 aliphatic heterocycles. The number of aryl methyl sites for hydroxylation is 1. The lowest BCUT2D eigenvalue weighted by atomic mass is 10.0. The SMILES string of the molecule is COc1cc(C)ccc1OCCN1C[C@@H](Cc2cnccn2)[C@H](O)C1. The van der Waals surface area contributed by atoms with Crippen LogP contribution in [0.15, 0.2) is 36.8 Å². The first-order chi connectivity index (χ1) is 12.2. The number of β-amino-alcohol motifs (C(OH)–C–C–N with tert-alkyl or cyclic N) is 1. The third-order valence-electron chi connectivity index (χ3n) is 4.55. The molecule has 0 amide bonds. The van der Waals surface area contributed by atoms with Crippen molar-refractivity contribution in [3.05, 3.63) is 48.0 Å². The first-order valence-electron chi connectivity index (χ1n) is 8.58. The van der Waals surface area contributed by atoms with Crippen molar-refractivity contribution < 1.29 is 14.6 Å². The van der Waals surface area contributed by atoms with Gasteiger partial charge in [-0.3, -0.25) is 14.9 Å². The Hall–Kier alpha value is -2.18. The highest BCUT2D eigenvalue weighted by Gasteiger charge is 2.31. The molecule has 2 heterocycles. The number of ether oxygens (including phenoxy) is 2. The second kappa shape index (κ2) is 8.27. The topological polar surface area (TPSA) is 67.7 Å². The standard InChI is InChI=1S/C19H25N3O3/c1-14-3-4-18(19(9-14)24-2)25-8-7-22-12-15(17(23)13-22)10-16-11-20-5-6-21-16/h3-6,9,11,15,17,23H,7-8,10,12-13H2,1-2H3/t15-,17-/m1/s1. The van der Waals surface area contributed by atoms with Gasteiger partial charge in [-0.15, -0.1) is 0 Å². The van der Waals surface area contributed by atoms with Crippen LogP contribution in [0.1, 0.15) is 11.3 Å². The smallest absolute Gasteiger partial charge is 0.161 e. The molecule has 1 N–H and O–H groups in total. The summed E-state index contributed by atoms with van der Waals surface area (Å²) in [5.74, 6) is 1.69. The number of methoxy groups -OCH3 is 1. The lowest BCUT2D eigenvalue weighted by Crippen LogP contribution is -2.27. The first kappa shape index (κ1) is 17.6. The van der Waals surface area contributed by atoms with Crippen molar-refractivity contribution in [3.63, 3.8) is 0 Å². The number of hydrogen-bond acceptors (Lipinski definition) is 6. The van der Waals surface area contributed by atoms with E-state index >= 15 is 0 Å². The molecule has 0 aliphatic carbocycles. The molecule has 0 saturated carbocycles. The molecule has 6 nitrogen and oxygen atoms in total. The zero-order chi connectivity index (χ0) is 17.6. The molecular weight excluding hydrogens is 318 g/mol. The fraction of sp³-hybridized carbons (Fsp3) is 0.474. The highest BCUT2D eigenvalue weighted by atomic mass is 16.5. The van der Waals surface area contributed by atoms with E-state index < -0.39 is 0 Å². The van der Waals surface area contributed by atoms with Gasteiger partial charge in [0.25, 0.3) is 0 Å². The van der Waals surface area contributed by atoms with Crippen LogP contribution in [0.3, 0.4) is 0 Å². The lowest BCUT2D eigenvalue weighted by Gasteiger charge is -2.17. The van der Waals surface area contributed by atoms with Crippen LogP contribution >= 0.6 is 0 Å². The number of aromatic nitrogens is 2. The number of aliphatic hydroxyl groups excluding tert-OH is 1. The predicted octanol–water partition coefficient (Wildman–Crippen LogP) is 1.71. The summed E-state index contributed by atoms with van der Waals surface area (Å²) in [5, 5.41) is 10.3. The second-order valence-corrected chi connectivity index (χ2v) is 6.49. The van der Waals surface area contributed by atoms with Gasteiger partial charge in [0.05, 0.1) is 18.9 Å². The van der Waals surface area contributed by atoms with Gasteiger partial charge in [0.15, 0.2) is 11.5 Å². The maximum Gasteiger partial charge on any atom is 0.161 e. The molecule has 1 aromatic carbocycles. The van der Waals surface area contributed by atoms with E-state index in [2.05, 4.69) is 14.9 Å². The molecule has 0 spiro atoms. The Morgan fingerprint density at radius 2 is 2.12 bits per heavy atom. The molecule has 134 valence electrons. The Bertz CT molecular complexity index is 681. The molecule has 2 atom stereocenters. The third-order valence-corrected chi connectivity index (χ3v) is 4.55. The Labute approximate surface area is 148 Å². The maximum absolute atomic E-state index is 10.3. The van der Waals surface area contributed by atoms with Crippen molar-refractivity contribution >= 4 is 0 Å². The van der Waals surface area contributed by atoms with E-state index in [4.69, 9.17) is 9.47 Å². The molecular formula is C19H25N3O3. The highest BCUT2D eigenvalue weighted by Crippen LogP contribution is 2.28.